The van der Waals surface area contributed by atoms with Crippen LogP contribution in [0.5, 0.6) is 0 Å². The van der Waals surface area contributed by atoms with Crippen LogP contribution >= 0.6 is 0 Å². The van der Waals surface area contributed by atoms with Crippen LogP contribution in [-0.4, -0.2) is 24.5 Å². The molecule has 0 spiro atoms. The second-order valence-electron chi connectivity index (χ2n) is 7.88. The molecule has 3 aromatic rings. The van der Waals surface area contributed by atoms with E-state index in [1.54, 1.807) is 6.20 Å². The molecular formula is C23H29N3OSi. The van der Waals surface area contributed by atoms with Crippen molar-refractivity contribution in [2.45, 2.75) is 32.4 Å². The molecule has 0 radical (unpaired) electrons. The van der Waals surface area contributed by atoms with Gasteiger partial charge in [0.05, 0.1) is 6.61 Å². The van der Waals surface area contributed by atoms with Crippen LogP contribution < -0.4 is 16.1 Å². The van der Waals surface area contributed by atoms with Gasteiger partial charge in [-0.05, 0) is 15.4 Å². The van der Waals surface area contributed by atoms with Crippen molar-refractivity contribution in [2.75, 3.05) is 12.3 Å². The molecule has 0 aliphatic heterocycles. The maximum Gasteiger partial charge on any atom is 0.261 e. The minimum atomic E-state index is -2.47. The van der Waals surface area contributed by atoms with Crippen molar-refractivity contribution in [1.82, 2.24) is 9.55 Å². The number of nitrogens with zero attached hydrogens (tertiary/aromatic N) is 2. The summed E-state index contributed by atoms with van der Waals surface area (Å²) >= 11 is 0. The fourth-order valence-electron chi connectivity index (χ4n) is 3.69. The van der Waals surface area contributed by atoms with E-state index >= 15 is 0 Å². The Labute approximate surface area is 168 Å². The number of allylic oxidation sites excluding steroid dienone is 1. The Morgan fingerprint density at radius 1 is 0.964 bits per heavy atom. The predicted molar refractivity (Wildman–Crippen MR) is 119 cm³/mol. The number of rotatable bonds is 7. The van der Waals surface area contributed by atoms with Crippen molar-refractivity contribution in [3.8, 4) is 0 Å². The van der Waals surface area contributed by atoms with Gasteiger partial charge in [0.15, 0.2) is 5.95 Å². The van der Waals surface area contributed by atoms with Gasteiger partial charge >= 0.3 is 0 Å². The van der Waals surface area contributed by atoms with Gasteiger partial charge < -0.3 is 14.7 Å². The highest BCUT2D eigenvalue weighted by molar-refractivity contribution is 6.99. The molecule has 0 aliphatic carbocycles. The maximum atomic E-state index is 6.81. The zero-order valence-corrected chi connectivity index (χ0v) is 17.9. The van der Waals surface area contributed by atoms with E-state index < -0.39 is 8.32 Å². The Kier molecular flexibility index (Phi) is 6.17. The third-order valence-corrected chi connectivity index (χ3v) is 10.0. The molecule has 0 unspecified atom stereocenters. The summed E-state index contributed by atoms with van der Waals surface area (Å²) in [4.78, 5) is 4.05. The fourth-order valence-corrected chi connectivity index (χ4v) is 8.19. The van der Waals surface area contributed by atoms with E-state index in [-0.39, 0.29) is 5.04 Å². The zero-order valence-electron chi connectivity index (χ0n) is 16.9. The summed E-state index contributed by atoms with van der Waals surface area (Å²) in [6, 6.07) is 21.4. The molecule has 2 N–H and O–H groups in total. The molecular weight excluding hydrogens is 362 g/mol. The van der Waals surface area contributed by atoms with E-state index in [4.69, 9.17) is 10.2 Å². The van der Waals surface area contributed by atoms with Gasteiger partial charge in [-0.1, -0.05) is 93.6 Å². The zero-order chi connectivity index (χ0) is 20.0. The highest BCUT2D eigenvalue weighted by atomic mass is 28.4. The summed E-state index contributed by atoms with van der Waals surface area (Å²) in [5.41, 5.74) is 5.83. The van der Waals surface area contributed by atoms with E-state index in [1.165, 1.54) is 10.4 Å². The van der Waals surface area contributed by atoms with E-state index in [9.17, 15) is 0 Å². The molecule has 0 atom stereocenters. The fraction of sp³-hybridized carbons (Fsp3) is 0.261. The SMILES string of the molecule is CC(C)(C)[Si](OC/C=C/Cn1ccnc1N)(c1ccccc1)c1ccccc1. The Morgan fingerprint density at radius 3 is 2.00 bits per heavy atom. The Morgan fingerprint density at radius 2 is 1.54 bits per heavy atom. The van der Waals surface area contributed by atoms with E-state index in [0.29, 0.717) is 19.1 Å². The third kappa shape index (κ3) is 4.10. The Hall–Kier alpha value is -2.63. The maximum absolute atomic E-state index is 6.81. The van der Waals surface area contributed by atoms with Crippen molar-refractivity contribution < 1.29 is 4.43 Å². The number of nitrogens with two attached hydrogens (primary N) is 1. The summed E-state index contributed by atoms with van der Waals surface area (Å²) in [5.74, 6) is 0.526. The number of benzene rings is 2. The van der Waals surface area contributed by atoms with Crippen LogP contribution in [-0.2, 0) is 11.0 Å². The predicted octanol–water partition coefficient (Wildman–Crippen LogP) is 3.60. The summed E-state index contributed by atoms with van der Waals surface area (Å²) in [7, 11) is -2.47. The molecule has 2 aromatic carbocycles. The first-order valence-corrected chi connectivity index (χ1v) is 11.5. The number of anilines is 1. The van der Waals surface area contributed by atoms with Crippen LogP contribution in [0, 0.1) is 0 Å². The highest BCUT2D eigenvalue weighted by Crippen LogP contribution is 2.36. The summed E-state index contributed by atoms with van der Waals surface area (Å²) in [6.45, 7) is 8.11. The lowest BCUT2D eigenvalue weighted by Crippen LogP contribution is -2.66. The van der Waals surface area contributed by atoms with Crippen LogP contribution in [0.4, 0.5) is 5.95 Å². The van der Waals surface area contributed by atoms with Gasteiger partial charge in [-0.25, -0.2) is 4.98 Å². The second kappa shape index (κ2) is 8.58. The first-order chi connectivity index (χ1) is 13.4. The van der Waals surface area contributed by atoms with Gasteiger partial charge in [0, 0.05) is 18.9 Å². The summed E-state index contributed by atoms with van der Waals surface area (Å²) in [6.07, 6.45) is 7.75. The lowest BCUT2D eigenvalue weighted by Gasteiger charge is -2.42. The van der Waals surface area contributed by atoms with Crippen LogP contribution in [0.25, 0.3) is 0 Å². The lowest BCUT2D eigenvalue weighted by molar-refractivity contribution is 0.339. The number of imidazole rings is 1. The van der Waals surface area contributed by atoms with Crippen molar-refractivity contribution in [1.29, 1.82) is 0 Å². The molecule has 0 aliphatic rings. The molecule has 1 aromatic heterocycles. The van der Waals surface area contributed by atoms with Crippen molar-refractivity contribution in [3.05, 3.63) is 85.2 Å². The molecule has 4 nitrogen and oxygen atoms in total. The average molecular weight is 392 g/mol. The monoisotopic (exact) mass is 391 g/mol. The normalized spacial score (nSPS) is 12.5. The van der Waals surface area contributed by atoms with Crippen molar-refractivity contribution in [3.63, 3.8) is 0 Å². The van der Waals surface area contributed by atoms with E-state index in [1.807, 2.05) is 10.8 Å². The molecule has 0 saturated carbocycles. The molecule has 0 amide bonds. The summed E-state index contributed by atoms with van der Waals surface area (Å²) < 4.78 is 8.71. The van der Waals surface area contributed by atoms with Crippen LogP contribution in [0.2, 0.25) is 5.04 Å². The first-order valence-electron chi connectivity index (χ1n) is 9.62. The third-order valence-electron chi connectivity index (χ3n) is 5.03. The molecule has 146 valence electrons. The van der Waals surface area contributed by atoms with Crippen LogP contribution in [0.15, 0.2) is 85.2 Å². The first kappa shape index (κ1) is 20.1. The topological polar surface area (TPSA) is 53.1 Å². The molecule has 0 fully saturated rings. The van der Waals surface area contributed by atoms with Gasteiger partial charge in [0.2, 0.25) is 0 Å². The number of aromatic nitrogens is 2. The second-order valence-corrected chi connectivity index (χ2v) is 12.2. The number of hydrogen-bond acceptors (Lipinski definition) is 3. The summed E-state index contributed by atoms with van der Waals surface area (Å²) in [5, 5.41) is 2.57. The molecule has 3 rings (SSSR count). The van der Waals surface area contributed by atoms with Gasteiger partial charge in [0.1, 0.15) is 0 Å². The largest absolute Gasteiger partial charge is 0.404 e. The molecule has 1 heterocycles. The average Bonchev–Trinajstić information content (AvgIpc) is 3.10. The minimum Gasteiger partial charge on any atom is -0.404 e. The highest BCUT2D eigenvalue weighted by Gasteiger charge is 2.49. The number of hydrogen-bond donors (Lipinski definition) is 1. The Bertz CT molecular complexity index is 859. The molecule has 5 heteroatoms. The lowest BCUT2D eigenvalue weighted by atomic mass is 10.2. The van der Waals surface area contributed by atoms with Crippen LogP contribution in [0.1, 0.15) is 20.8 Å². The standard InChI is InChI=1S/C23H29N3OSi/c1-23(2,3)28(20-12-6-4-7-13-20,21-14-8-5-9-15-21)27-19-11-10-17-26-18-16-25-22(26)24/h4-16,18H,17,19H2,1-3H3,(H2,24,25)/b11-10+. The molecule has 0 saturated heterocycles. The van der Waals surface area contributed by atoms with Gasteiger partial charge in [-0.3, -0.25) is 0 Å². The van der Waals surface area contributed by atoms with Crippen LogP contribution in [0.3, 0.4) is 0 Å². The van der Waals surface area contributed by atoms with E-state index in [0.717, 1.165) is 0 Å². The Balaban J connectivity index is 1.89. The van der Waals surface area contributed by atoms with Gasteiger partial charge in [0.25, 0.3) is 8.32 Å². The van der Waals surface area contributed by atoms with Gasteiger partial charge in [-0.2, -0.15) is 0 Å². The smallest absolute Gasteiger partial charge is 0.261 e. The van der Waals surface area contributed by atoms with Gasteiger partial charge in [-0.15, -0.1) is 0 Å². The minimum absolute atomic E-state index is 0.0156. The molecule has 0 bridgehead atoms. The van der Waals surface area contributed by atoms with Crippen molar-refractivity contribution in [2.24, 2.45) is 0 Å². The quantitative estimate of drug-likeness (QED) is 0.495. The van der Waals surface area contributed by atoms with E-state index in [2.05, 4.69) is 98.6 Å². The number of nitrogen functional groups attached to an aromatic ring is 1. The van der Waals surface area contributed by atoms with Crippen molar-refractivity contribution >= 4 is 24.6 Å². The molecule has 28 heavy (non-hydrogen) atoms.